The van der Waals surface area contributed by atoms with E-state index in [1.54, 1.807) is 7.05 Å². The van der Waals surface area contributed by atoms with E-state index in [4.69, 9.17) is 0 Å². The second-order valence-electron chi connectivity index (χ2n) is 3.35. The van der Waals surface area contributed by atoms with Gasteiger partial charge in [-0.2, -0.15) is 4.80 Å². The quantitative estimate of drug-likeness (QED) is 0.802. The number of hydrogen-bond donors (Lipinski definition) is 1. The van der Waals surface area contributed by atoms with E-state index in [2.05, 4.69) is 25.0 Å². The molecule has 0 fully saturated rings. The van der Waals surface area contributed by atoms with Crippen LogP contribution in [0.4, 0.5) is 0 Å². The van der Waals surface area contributed by atoms with Crippen LogP contribution < -0.4 is 0 Å². The van der Waals surface area contributed by atoms with Crippen molar-refractivity contribution in [1.82, 2.24) is 29.8 Å². The van der Waals surface area contributed by atoms with E-state index in [0.29, 0.717) is 12.2 Å². The number of rotatable bonds is 4. The molecule has 7 nitrogen and oxygen atoms in total. The molecule has 1 N–H and O–H groups in total. The first-order valence-electron chi connectivity index (χ1n) is 4.92. The van der Waals surface area contributed by atoms with E-state index in [1.165, 1.54) is 16.3 Å². The standard InChI is InChI=1S/C8H12N6OS/c1-3-5-8(16-13-9-5)6(15)4-7-10-12-14(2)11-7/h6,15H,3-4H2,1-2H3. The summed E-state index contributed by atoms with van der Waals surface area (Å²) in [6.45, 7) is 1.98. The van der Waals surface area contributed by atoms with Crippen LogP contribution >= 0.6 is 11.5 Å². The first kappa shape index (κ1) is 11.1. The highest BCUT2D eigenvalue weighted by atomic mass is 32.1. The van der Waals surface area contributed by atoms with Gasteiger partial charge in [-0.3, -0.25) is 0 Å². The molecule has 86 valence electrons. The molecule has 0 aliphatic carbocycles. The highest BCUT2D eigenvalue weighted by Crippen LogP contribution is 2.22. The lowest BCUT2D eigenvalue weighted by molar-refractivity contribution is 0.178. The molecule has 0 bridgehead atoms. The smallest absolute Gasteiger partial charge is 0.177 e. The first-order chi connectivity index (χ1) is 7.70. The number of nitrogens with zero attached hydrogens (tertiary/aromatic N) is 6. The Labute approximate surface area is 96.3 Å². The van der Waals surface area contributed by atoms with Crippen LogP contribution in [0.5, 0.6) is 0 Å². The predicted octanol–water partition coefficient (Wildman–Crippen LogP) is -0.0999. The Kier molecular flexibility index (Phi) is 3.20. The number of tetrazole rings is 1. The molecule has 0 aliphatic rings. The van der Waals surface area contributed by atoms with Crippen molar-refractivity contribution in [1.29, 1.82) is 0 Å². The third-order valence-electron chi connectivity index (χ3n) is 2.15. The summed E-state index contributed by atoms with van der Waals surface area (Å²) in [5.74, 6) is 0.519. The van der Waals surface area contributed by atoms with Crippen LogP contribution in [0, 0.1) is 0 Å². The molecule has 0 radical (unpaired) electrons. The van der Waals surface area contributed by atoms with E-state index in [9.17, 15) is 5.11 Å². The van der Waals surface area contributed by atoms with Crippen molar-refractivity contribution in [3.05, 3.63) is 16.4 Å². The SMILES string of the molecule is CCc1nnsc1C(O)Cc1nnn(C)n1. The molecular weight excluding hydrogens is 228 g/mol. The van der Waals surface area contributed by atoms with Crippen LogP contribution in [0.1, 0.15) is 29.4 Å². The zero-order chi connectivity index (χ0) is 11.5. The van der Waals surface area contributed by atoms with Gasteiger partial charge in [-0.1, -0.05) is 11.4 Å². The Morgan fingerprint density at radius 1 is 1.44 bits per heavy atom. The van der Waals surface area contributed by atoms with Gasteiger partial charge in [0.1, 0.15) is 0 Å². The summed E-state index contributed by atoms with van der Waals surface area (Å²) in [5.41, 5.74) is 0.835. The number of aliphatic hydroxyl groups is 1. The number of aromatic nitrogens is 6. The lowest BCUT2D eigenvalue weighted by atomic mass is 10.1. The third kappa shape index (κ3) is 2.22. The second kappa shape index (κ2) is 4.62. The minimum atomic E-state index is -0.654. The fraction of sp³-hybridized carbons (Fsp3) is 0.625. The summed E-state index contributed by atoms with van der Waals surface area (Å²) in [4.78, 5) is 2.16. The fourth-order valence-electron chi connectivity index (χ4n) is 1.38. The molecule has 0 saturated carbocycles. The number of aryl methyl sites for hydroxylation is 2. The minimum Gasteiger partial charge on any atom is -0.387 e. The lowest BCUT2D eigenvalue weighted by Crippen LogP contribution is -2.04. The van der Waals surface area contributed by atoms with Gasteiger partial charge < -0.3 is 5.11 Å². The van der Waals surface area contributed by atoms with Crippen LogP contribution in [0.2, 0.25) is 0 Å². The molecule has 1 unspecified atom stereocenters. The summed E-state index contributed by atoms with van der Waals surface area (Å²) in [6.07, 6.45) is 0.445. The Hall–Kier alpha value is -1.41. The summed E-state index contributed by atoms with van der Waals surface area (Å²) in [6, 6.07) is 0. The molecule has 0 spiro atoms. The zero-order valence-electron chi connectivity index (χ0n) is 9.03. The number of hydrogen-bond acceptors (Lipinski definition) is 7. The van der Waals surface area contributed by atoms with Crippen molar-refractivity contribution in [3.63, 3.8) is 0 Å². The normalized spacial score (nSPS) is 12.9. The highest BCUT2D eigenvalue weighted by Gasteiger charge is 2.18. The Bertz CT molecular complexity index is 467. The van der Waals surface area contributed by atoms with Gasteiger partial charge in [0.05, 0.1) is 23.7 Å². The lowest BCUT2D eigenvalue weighted by Gasteiger charge is -2.05. The van der Waals surface area contributed by atoms with Gasteiger partial charge in [-0.05, 0) is 23.2 Å². The van der Waals surface area contributed by atoms with Gasteiger partial charge >= 0.3 is 0 Å². The Morgan fingerprint density at radius 3 is 2.88 bits per heavy atom. The third-order valence-corrected chi connectivity index (χ3v) is 3.02. The molecule has 2 heterocycles. The Morgan fingerprint density at radius 2 is 2.25 bits per heavy atom. The summed E-state index contributed by atoms with van der Waals surface area (Å²) < 4.78 is 3.83. The summed E-state index contributed by atoms with van der Waals surface area (Å²) in [7, 11) is 1.69. The maximum Gasteiger partial charge on any atom is 0.177 e. The van der Waals surface area contributed by atoms with Crippen LogP contribution in [-0.2, 0) is 19.9 Å². The van der Waals surface area contributed by atoms with Crippen molar-refractivity contribution < 1.29 is 5.11 Å². The van der Waals surface area contributed by atoms with Crippen LogP contribution in [-0.4, -0.2) is 34.9 Å². The van der Waals surface area contributed by atoms with E-state index in [-0.39, 0.29) is 0 Å². The van der Waals surface area contributed by atoms with E-state index in [1.807, 2.05) is 6.92 Å². The van der Waals surface area contributed by atoms with Crippen molar-refractivity contribution in [2.45, 2.75) is 25.9 Å². The average molecular weight is 240 g/mol. The molecule has 0 saturated heterocycles. The molecule has 0 aliphatic heterocycles. The van der Waals surface area contributed by atoms with Crippen molar-refractivity contribution in [2.75, 3.05) is 0 Å². The molecule has 0 aromatic carbocycles. The fourth-order valence-corrected chi connectivity index (χ4v) is 2.11. The van der Waals surface area contributed by atoms with Crippen molar-refractivity contribution in [2.24, 2.45) is 7.05 Å². The summed E-state index contributed by atoms with van der Waals surface area (Å²) in [5, 5.41) is 25.5. The maximum atomic E-state index is 10.00. The van der Waals surface area contributed by atoms with Gasteiger partial charge in [0, 0.05) is 6.42 Å². The van der Waals surface area contributed by atoms with Gasteiger partial charge in [0.15, 0.2) is 5.82 Å². The van der Waals surface area contributed by atoms with Crippen LogP contribution in [0.25, 0.3) is 0 Å². The maximum absolute atomic E-state index is 10.00. The minimum absolute atomic E-state index is 0.338. The monoisotopic (exact) mass is 240 g/mol. The van der Waals surface area contributed by atoms with E-state index < -0.39 is 6.10 Å². The molecule has 16 heavy (non-hydrogen) atoms. The molecule has 8 heteroatoms. The van der Waals surface area contributed by atoms with Crippen LogP contribution in [0.15, 0.2) is 0 Å². The molecule has 2 aromatic heterocycles. The van der Waals surface area contributed by atoms with E-state index >= 15 is 0 Å². The van der Waals surface area contributed by atoms with Crippen molar-refractivity contribution >= 4 is 11.5 Å². The van der Waals surface area contributed by atoms with Gasteiger partial charge in [-0.25, -0.2) is 0 Å². The molecule has 2 aromatic rings. The largest absolute Gasteiger partial charge is 0.387 e. The molecule has 0 amide bonds. The Balaban J connectivity index is 2.11. The summed E-state index contributed by atoms with van der Waals surface area (Å²) >= 11 is 1.21. The topological polar surface area (TPSA) is 89.6 Å². The van der Waals surface area contributed by atoms with Crippen LogP contribution in [0.3, 0.4) is 0 Å². The van der Waals surface area contributed by atoms with Gasteiger partial charge in [0.2, 0.25) is 0 Å². The first-order valence-corrected chi connectivity index (χ1v) is 5.70. The van der Waals surface area contributed by atoms with Gasteiger partial charge in [0.25, 0.3) is 0 Å². The molecule has 1 atom stereocenters. The van der Waals surface area contributed by atoms with Crippen molar-refractivity contribution in [3.8, 4) is 0 Å². The zero-order valence-corrected chi connectivity index (χ0v) is 9.85. The molecule has 2 rings (SSSR count). The highest BCUT2D eigenvalue weighted by molar-refractivity contribution is 7.05. The average Bonchev–Trinajstić information content (AvgIpc) is 2.86. The second-order valence-corrected chi connectivity index (χ2v) is 4.14. The number of aliphatic hydroxyl groups excluding tert-OH is 1. The predicted molar refractivity (Wildman–Crippen MR) is 56.7 cm³/mol. The van der Waals surface area contributed by atoms with E-state index in [0.717, 1.165) is 17.0 Å². The van der Waals surface area contributed by atoms with Gasteiger partial charge in [-0.15, -0.1) is 15.3 Å². The molecular formula is C8H12N6OS.